The van der Waals surface area contributed by atoms with Gasteiger partial charge in [-0.3, -0.25) is 4.57 Å². The van der Waals surface area contributed by atoms with Gasteiger partial charge in [-0.1, -0.05) is 65.9 Å². The van der Waals surface area contributed by atoms with Crippen molar-refractivity contribution < 1.29 is 18.0 Å². The van der Waals surface area contributed by atoms with E-state index in [0.29, 0.717) is 16.7 Å². The van der Waals surface area contributed by atoms with Gasteiger partial charge < -0.3 is 10.6 Å². The van der Waals surface area contributed by atoms with Gasteiger partial charge in [0.05, 0.1) is 17.8 Å². The smallest absolute Gasteiger partial charge is 0.331 e. The highest BCUT2D eigenvalue weighted by molar-refractivity contribution is 7.98. The highest BCUT2D eigenvalue weighted by atomic mass is 32.2. The van der Waals surface area contributed by atoms with Crippen LogP contribution < -0.4 is 10.6 Å². The van der Waals surface area contributed by atoms with Crippen molar-refractivity contribution in [2.75, 3.05) is 5.32 Å². The van der Waals surface area contributed by atoms with Crippen molar-refractivity contribution in [2.24, 2.45) is 0 Å². The number of anilines is 1. The molecule has 0 saturated carbocycles. The van der Waals surface area contributed by atoms with E-state index in [4.69, 9.17) is 0 Å². The summed E-state index contributed by atoms with van der Waals surface area (Å²) in [6, 6.07) is 19.9. The number of rotatable bonds is 7. The van der Waals surface area contributed by atoms with Gasteiger partial charge in [-0.05, 0) is 49.2 Å². The second-order valence-corrected chi connectivity index (χ2v) is 9.08. The van der Waals surface area contributed by atoms with Crippen LogP contribution in [-0.2, 0) is 18.5 Å². The molecule has 0 fully saturated rings. The fourth-order valence-electron chi connectivity index (χ4n) is 3.54. The Hall–Kier alpha value is -3.79. The van der Waals surface area contributed by atoms with Crippen LogP contribution in [-0.4, -0.2) is 20.8 Å². The highest BCUT2D eigenvalue weighted by Gasteiger charge is 2.33. The molecular weight excluding hydrogens is 487 g/mol. The highest BCUT2D eigenvalue weighted by Crippen LogP contribution is 2.34. The van der Waals surface area contributed by atoms with E-state index in [1.54, 1.807) is 0 Å². The van der Waals surface area contributed by atoms with Gasteiger partial charge in [0.1, 0.15) is 0 Å². The van der Waals surface area contributed by atoms with Crippen LogP contribution in [0.15, 0.2) is 78.0 Å². The molecule has 0 atom stereocenters. The third kappa shape index (κ3) is 6.06. The maximum atomic E-state index is 13.2. The first-order valence-corrected chi connectivity index (χ1v) is 12.1. The Morgan fingerprint density at radius 1 is 0.944 bits per heavy atom. The maximum absolute atomic E-state index is 13.2. The summed E-state index contributed by atoms with van der Waals surface area (Å²) in [5.74, 6) is 1.13. The summed E-state index contributed by atoms with van der Waals surface area (Å²) in [7, 11) is 0. The molecule has 6 nitrogen and oxygen atoms in total. The molecule has 2 N–H and O–H groups in total. The lowest BCUT2D eigenvalue weighted by Gasteiger charge is -2.14. The van der Waals surface area contributed by atoms with Crippen molar-refractivity contribution in [3.8, 4) is 5.69 Å². The summed E-state index contributed by atoms with van der Waals surface area (Å²) in [4.78, 5) is 12.5. The third-order valence-corrected chi connectivity index (χ3v) is 6.48. The number of benzene rings is 3. The largest absolute Gasteiger partial charge is 0.418 e. The molecule has 186 valence electrons. The fraction of sp³-hybridized carbons (Fsp3) is 0.192. The van der Waals surface area contributed by atoms with Gasteiger partial charge in [-0.15, -0.1) is 10.2 Å². The summed E-state index contributed by atoms with van der Waals surface area (Å²) in [5, 5.41) is 14.1. The Morgan fingerprint density at radius 3 is 2.36 bits per heavy atom. The van der Waals surface area contributed by atoms with Crippen LogP contribution >= 0.6 is 11.8 Å². The summed E-state index contributed by atoms with van der Waals surface area (Å²) in [6.45, 7) is 3.99. The minimum atomic E-state index is -4.58. The molecule has 1 heterocycles. The van der Waals surface area contributed by atoms with E-state index < -0.39 is 17.8 Å². The zero-order valence-corrected chi connectivity index (χ0v) is 20.5. The predicted octanol–water partition coefficient (Wildman–Crippen LogP) is 6.52. The summed E-state index contributed by atoms with van der Waals surface area (Å²) >= 11 is 1.51. The second-order valence-electron chi connectivity index (χ2n) is 8.14. The lowest BCUT2D eigenvalue weighted by molar-refractivity contribution is -0.136. The normalized spacial score (nSPS) is 11.4. The van der Waals surface area contributed by atoms with Crippen LogP contribution in [0, 0.1) is 13.8 Å². The number of alkyl halides is 3. The third-order valence-electron chi connectivity index (χ3n) is 5.50. The van der Waals surface area contributed by atoms with E-state index in [0.717, 1.165) is 17.3 Å². The van der Waals surface area contributed by atoms with Crippen LogP contribution in [0.25, 0.3) is 5.69 Å². The summed E-state index contributed by atoms with van der Waals surface area (Å²) in [6.07, 6.45) is -4.58. The topological polar surface area (TPSA) is 71.8 Å². The molecule has 2 amide bonds. The molecule has 0 bridgehead atoms. The Bertz CT molecular complexity index is 1350. The van der Waals surface area contributed by atoms with Gasteiger partial charge in [0.25, 0.3) is 0 Å². The minimum Gasteiger partial charge on any atom is -0.331 e. The van der Waals surface area contributed by atoms with Gasteiger partial charge in [0.15, 0.2) is 11.0 Å². The number of hydrogen-bond acceptors (Lipinski definition) is 4. The van der Waals surface area contributed by atoms with E-state index in [-0.39, 0.29) is 12.2 Å². The number of carbonyl (C=O) groups is 1. The van der Waals surface area contributed by atoms with Gasteiger partial charge in [0.2, 0.25) is 0 Å². The number of hydrogen-bond donors (Lipinski definition) is 2. The molecule has 1 aromatic heterocycles. The number of aromatic nitrogens is 3. The van der Waals surface area contributed by atoms with Gasteiger partial charge in [-0.2, -0.15) is 13.2 Å². The van der Waals surface area contributed by atoms with Crippen LogP contribution in [0.2, 0.25) is 0 Å². The Balaban J connectivity index is 1.53. The van der Waals surface area contributed by atoms with E-state index in [9.17, 15) is 18.0 Å². The number of carbonyl (C=O) groups excluding carboxylic acids is 1. The average molecular weight is 512 g/mol. The zero-order valence-electron chi connectivity index (χ0n) is 19.6. The number of aryl methyl sites for hydroxylation is 2. The number of nitrogens with one attached hydrogen (secondary N) is 2. The standard InChI is InChI=1S/C26H24F3N5OS/c1-17-11-13-20(14-12-17)34-23(32-33-25(34)36-16-19-8-4-3-7-18(19)2)15-30-24(35)31-22-10-6-5-9-21(22)26(27,28)29/h3-14H,15-16H2,1-2H3,(H2,30,31,35). The van der Waals surface area contributed by atoms with Gasteiger partial charge >= 0.3 is 12.2 Å². The molecule has 36 heavy (non-hydrogen) atoms. The maximum Gasteiger partial charge on any atom is 0.418 e. The van der Waals surface area contributed by atoms with Crippen molar-refractivity contribution >= 4 is 23.5 Å². The molecule has 0 unspecified atom stereocenters. The molecule has 4 aromatic rings. The molecule has 10 heteroatoms. The van der Waals surface area contributed by atoms with Gasteiger partial charge in [-0.25, -0.2) is 4.79 Å². The quantitative estimate of drug-likeness (QED) is 0.277. The van der Waals surface area contributed by atoms with Crippen molar-refractivity contribution in [2.45, 2.75) is 37.5 Å². The predicted molar refractivity (Wildman–Crippen MR) is 134 cm³/mol. The fourth-order valence-corrected chi connectivity index (χ4v) is 4.59. The second kappa shape index (κ2) is 10.9. The monoisotopic (exact) mass is 511 g/mol. The van der Waals surface area contributed by atoms with Crippen molar-refractivity contribution in [3.63, 3.8) is 0 Å². The van der Waals surface area contributed by atoms with E-state index >= 15 is 0 Å². The lowest BCUT2D eigenvalue weighted by atomic mass is 10.1. The van der Waals surface area contributed by atoms with Crippen LogP contribution in [0.4, 0.5) is 23.7 Å². The number of amides is 2. The van der Waals surface area contributed by atoms with E-state index in [1.807, 2.05) is 60.9 Å². The molecule has 0 saturated heterocycles. The number of nitrogens with zero attached hydrogens (tertiary/aromatic N) is 3. The number of urea groups is 1. The van der Waals surface area contributed by atoms with Crippen LogP contribution in [0.1, 0.15) is 28.1 Å². The summed E-state index contributed by atoms with van der Waals surface area (Å²) < 4.78 is 41.6. The Kier molecular flexibility index (Phi) is 7.64. The van der Waals surface area contributed by atoms with Crippen LogP contribution in [0.3, 0.4) is 0 Å². The molecule has 0 spiro atoms. The van der Waals surface area contributed by atoms with Crippen molar-refractivity contribution in [3.05, 3.63) is 101 Å². The van der Waals surface area contributed by atoms with E-state index in [2.05, 4.69) is 26.9 Å². The zero-order chi connectivity index (χ0) is 25.7. The Morgan fingerprint density at radius 2 is 1.64 bits per heavy atom. The van der Waals surface area contributed by atoms with Gasteiger partial charge in [0, 0.05) is 11.4 Å². The summed E-state index contributed by atoms with van der Waals surface area (Å²) in [5.41, 5.74) is 3.00. The number of thioether (sulfide) groups is 1. The van der Waals surface area contributed by atoms with Crippen molar-refractivity contribution in [1.29, 1.82) is 0 Å². The first-order chi connectivity index (χ1) is 17.2. The SMILES string of the molecule is Cc1ccc(-n2c(CNC(=O)Nc3ccccc3C(F)(F)F)nnc2SCc2ccccc2C)cc1. The first-order valence-electron chi connectivity index (χ1n) is 11.1. The van der Waals surface area contributed by atoms with E-state index in [1.165, 1.54) is 41.1 Å². The lowest BCUT2D eigenvalue weighted by Crippen LogP contribution is -2.30. The van der Waals surface area contributed by atoms with Crippen LogP contribution in [0.5, 0.6) is 0 Å². The minimum absolute atomic E-state index is 0.0359. The molecule has 0 aliphatic carbocycles. The molecule has 4 rings (SSSR count). The Labute approximate surface area is 211 Å². The molecular formula is C26H24F3N5OS. The first kappa shape index (κ1) is 25.3. The molecule has 0 radical (unpaired) electrons. The molecule has 3 aromatic carbocycles. The van der Waals surface area contributed by atoms with Crippen molar-refractivity contribution in [1.82, 2.24) is 20.1 Å². The molecule has 0 aliphatic rings. The number of para-hydroxylation sites is 1. The number of halogens is 3. The average Bonchev–Trinajstić information content (AvgIpc) is 3.25. The molecule has 0 aliphatic heterocycles.